The molecule has 0 saturated heterocycles. The zero-order chi connectivity index (χ0) is 16.1. The Bertz CT molecular complexity index is 473. The van der Waals surface area contributed by atoms with Crippen molar-refractivity contribution in [2.24, 2.45) is 10.4 Å². The van der Waals surface area contributed by atoms with E-state index in [1.165, 1.54) is 5.56 Å². The maximum atomic E-state index is 11.2. The molecule has 2 rings (SSSR count). The van der Waals surface area contributed by atoms with Crippen LogP contribution in [0, 0.1) is 5.41 Å². The summed E-state index contributed by atoms with van der Waals surface area (Å²) in [5.74, 6) is 0. The number of aryl methyl sites for hydroxylation is 1. The highest BCUT2D eigenvalue weighted by Crippen LogP contribution is 2.35. The molecule has 0 spiro atoms. The van der Waals surface area contributed by atoms with Crippen LogP contribution in [0.15, 0.2) is 35.3 Å². The van der Waals surface area contributed by atoms with E-state index in [-0.39, 0.29) is 5.41 Å². The van der Waals surface area contributed by atoms with E-state index in [2.05, 4.69) is 55.5 Å². The first kappa shape index (κ1) is 17.0. The number of aliphatic imine (C=N–C) groups is 1. The largest absolute Gasteiger partial charge is 0.388 e. The van der Waals surface area contributed by atoms with Crippen LogP contribution in [0.4, 0.5) is 0 Å². The highest BCUT2D eigenvalue weighted by molar-refractivity contribution is 5.55. The zero-order valence-corrected chi connectivity index (χ0v) is 14.0. The van der Waals surface area contributed by atoms with Crippen molar-refractivity contribution in [2.75, 3.05) is 13.2 Å². The van der Waals surface area contributed by atoms with E-state index in [4.69, 9.17) is 0 Å². The van der Waals surface area contributed by atoms with Crippen LogP contribution < -0.4 is 5.43 Å². The van der Waals surface area contributed by atoms with E-state index in [1.807, 2.05) is 11.1 Å². The molecule has 1 aromatic rings. The third kappa shape index (κ3) is 4.55. The summed E-state index contributed by atoms with van der Waals surface area (Å²) in [5, 5.41) is 13.1. The van der Waals surface area contributed by atoms with Gasteiger partial charge in [-0.1, -0.05) is 57.5 Å². The van der Waals surface area contributed by atoms with Gasteiger partial charge in [0.1, 0.15) is 6.67 Å². The van der Waals surface area contributed by atoms with Gasteiger partial charge in [0, 0.05) is 6.54 Å². The Morgan fingerprint density at radius 2 is 1.91 bits per heavy atom. The van der Waals surface area contributed by atoms with Gasteiger partial charge in [0.2, 0.25) is 0 Å². The number of rotatable bonds is 7. The van der Waals surface area contributed by atoms with Crippen LogP contribution in [0.3, 0.4) is 0 Å². The number of benzene rings is 1. The molecule has 1 aliphatic heterocycles. The van der Waals surface area contributed by atoms with Crippen molar-refractivity contribution in [3.63, 3.8) is 0 Å². The van der Waals surface area contributed by atoms with Crippen LogP contribution in [0.2, 0.25) is 0 Å². The number of unbranched alkanes of at least 4 members (excludes halogenated alkanes) is 1. The Labute approximate surface area is 134 Å². The number of nitrogens with zero attached hydrogens (tertiary/aromatic N) is 2. The molecule has 1 aromatic carbocycles. The Balaban J connectivity index is 1.84. The lowest BCUT2D eigenvalue weighted by molar-refractivity contribution is -0.0899. The summed E-state index contributed by atoms with van der Waals surface area (Å²) >= 11 is 0. The summed E-state index contributed by atoms with van der Waals surface area (Å²) in [4.78, 5) is 4.15. The fourth-order valence-corrected chi connectivity index (χ4v) is 2.80. The van der Waals surface area contributed by atoms with Gasteiger partial charge >= 0.3 is 0 Å². The maximum Gasteiger partial charge on any atom is 0.110 e. The molecule has 1 aliphatic rings. The predicted molar refractivity (Wildman–Crippen MR) is 91.6 cm³/mol. The van der Waals surface area contributed by atoms with Crippen LogP contribution in [0.5, 0.6) is 0 Å². The smallest absolute Gasteiger partial charge is 0.110 e. The van der Waals surface area contributed by atoms with Crippen molar-refractivity contribution in [3.8, 4) is 0 Å². The molecule has 22 heavy (non-hydrogen) atoms. The number of aliphatic hydroxyl groups is 1. The van der Waals surface area contributed by atoms with E-state index in [0.717, 1.165) is 25.7 Å². The van der Waals surface area contributed by atoms with Crippen LogP contribution >= 0.6 is 0 Å². The number of hydrazine groups is 1. The van der Waals surface area contributed by atoms with Gasteiger partial charge in [0.25, 0.3) is 0 Å². The predicted octanol–water partition coefficient (Wildman–Crippen LogP) is 2.98. The van der Waals surface area contributed by atoms with Gasteiger partial charge in [-0.15, -0.1) is 0 Å². The number of β-amino-alcohol motifs (C(OH)–C–C–N with tert-alkyl or cyclic N) is 1. The highest BCUT2D eigenvalue weighted by Gasteiger charge is 2.41. The van der Waals surface area contributed by atoms with Crippen LogP contribution in [-0.4, -0.2) is 35.3 Å². The molecule has 122 valence electrons. The lowest BCUT2D eigenvalue weighted by Crippen LogP contribution is -2.53. The van der Waals surface area contributed by atoms with Gasteiger partial charge in [-0.05, 0) is 30.2 Å². The van der Waals surface area contributed by atoms with E-state index >= 15 is 0 Å². The first-order chi connectivity index (χ1) is 10.4. The second kappa shape index (κ2) is 7.25. The van der Waals surface area contributed by atoms with Crippen LogP contribution in [0.25, 0.3) is 0 Å². The fourth-order valence-electron chi connectivity index (χ4n) is 2.80. The molecule has 0 fully saturated rings. The molecule has 0 saturated carbocycles. The summed E-state index contributed by atoms with van der Waals surface area (Å²) in [5.41, 5.74) is 3.57. The van der Waals surface area contributed by atoms with Gasteiger partial charge in [-0.2, -0.15) is 5.01 Å². The molecule has 0 radical (unpaired) electrons. The van der Waals surface area contributed by atoms with Crippen molar-refractivity contribution in [3.05, 3.63) is 35.9 Å². The number of hydrogen-bond acceptors (Lipinski definition) is 4. The Kier molecular flexibility index (Phi) is 5.59. The van der Waals surface area contributed by atoms with Gasteiger partial charge in [-0.3, -0.25) is 4.99 Å². The average molecular weight is 303 g/mol. The quantitative estimate of drug-likeness (QED) is 0.761. The normalized spacial score (nSPS) is 18.2. The lowest BCUT2D eigenvalue weighted by atomic mass is 9.73. The average Bonchev–Trinajstić information content (AvgIpc) is 2.96. The van der Waals surface area contributed by atoms with E-state index in [9.17, 15) is 5.11 Å². The topological polar surface area (TPSA) is 47.9 Å². The highest BCUT2D eigenvalue weighted by atomic mass is 16.3. The van der Waals surface area contributed by atoms with Crippen molar-refractivity contribution in [1.29, 1.82) is 0 Å². The minimum absolute atomic E-state index is 0.163. The van der Waals surface area contributed by atoms with Crippen molar-refractivity contribution in [1.82, 2.24) is 10.4 Å². The second-order valence-electron chi connectivity index (χ2n) is 7.25. The molecule has 1 heterocycles. The molecule has 0 aliphatic carbocycles. The summed E-state index contributed by atoms with van der Waals surface area (Å²) in [6.45, 7) is 7.55. The molecule has 0 aromatic heterocycles. The van der Waals surface area contributed by atoms with E-state index in [0.29, 0.717) is 13.2 Å². The van der Waals surface area contributed by atoms with Gasteiger partial charge < -0.3 is 10.5 Å². The first-order valence-corrected chi connectivity index (χ1v) is 8.16. The SMILES string of the molecule is CC(C)(C)C(O)(CCCCc1ccccc1)CN1CN=CN1. The van der Waals surface area contributed by atoms with Crippen LogP contribution in [-0.2, 0) is 6.42 Å². The Morgan fingerprint density at radius 1 is 1.18 bits per heavy atom. The summed E-state index contributed by atoms with van der Waals surface area (Å²) in [7, 11) is 0. The minimum Gasteiger partial charge on any atom is -0.388 e. The summed E-state index contributed by atoms with van der Waals surface area (Å²) < 4.78 is 0. The van der Waals surface area contributed by atoms with Crippen molar-refractivity contribution in [2.45, 2.75) is 52.1 Å². The lowest BCUT2D eigenvalue weighted by Gasteiger charge is -2.42. The fraction of sp³-hybridized carbons (Fsp3) is 0.611. The zero-order valence-electron chi connectivity index (χ0n) is 14.0. The third-order valence-corrected chi connectivity index (χ3v) is 4.58. The van der Waals surface area contributed by atoms with E-state index in [1.54, 1.807) is 6.34 Å². The monoisotopic (exact) mass is 303 g/mol. The first-order valence-electron chi connectivity index (χ1n) is 8.16. The molecule has 0 amide bonds. The molecule has 1 unspecified atom stereocenters. The van der Waals surface area contributed by atoms with Crippen LogP contribution in [0.1, 0.15) is 45.6 Å². The molecule has 1 atom stereocenters. The molecule has 2 N–H and O–H groups in total. The second-order valence-corrected chi connectivity index (χ2v) is 7.25. The van der Waals surface area contributed by atoms with E-state index < -0.39 is 5.60 Å². The maximum absolute atomic E-state index is 11.2. The summed E-state index contributed by atoms with van der Waals surface area (Å²) in [6.07, 6.45) is 5.70. The number of nitrogens with one attached hydrogen (secondary N) is 1. The van der Waals surface area contributed by atoms with Gasteiger partial charge in [0.05, 0.1) is 11.9 Å². The molecular formula is C18H29N3O. The standard InChI is InChI=1S/C18H29N3O/c1-17(2,3)18(22,13-21-15-19-14-20-21)12-8-7-11-16-9-5-4-6-10-16/h4-6,9-10,14,22H,7-8,11-13,15H2,1-3H3,(H,19,20). The molecular weight excluding hydrogens is 274 g/mol. The minimum atomic E-state index is -0.718. The van der Waals surface area contributed by atoms with Gasteiger partial charge in [-0.25, -0.2) is 0 Å². The molecule has 0 bridgehead atoms. The summed E-state index contributed by atoms with van der Waals surface area (Å²) in [6, 6.07) is 10.6. The number of hydrogen-bond donors (Lipinski definition) is 2. The molecule has 4 heteroatoms. The Hall–Kier alpha value is -1.39. The molecule has 4 nitrogen and oxygen atoms in total. The van der Waals surface area contributed by atoms with Crippen molar-refractivity contribution >= 4 is 6.34 Å². The van der Waals surface area contributed by atoms with Crippen molar-refractivity contribution < 1.29 is 5.11 Å². The Morgan fingerprint density at radius 3 is 2.50 bits per heavy atom. The third-order valence-electron chi connectivity index (χ3n) is 4.58. The van der Waals surface area contributed by atoms with Gasteiger partial charge in [0.15, 0.2) is 0 Å².